The molecule has 27 heavy (non-hydrogen) atoms. The molecule has 0 spiro atoms. The summed E-state index contributed by atoms with van der Waals surface area (Å²) in [4.78, 5) is 40.7. The Hall–Kier alpha value is -2.90. The largest absolute Gasteiger partial charge is 0.368 e. The van der Waals surface area contributed by atoms with Crippen LogP contribution in [0.4, 0.5) is 11.4 Å². The molecule has 0 saturated carbocycles. The topological polar surface area (TPSA) is 87.0 Å². The molecule has 0 unspecified atom stereocenters. The van der Waals surface area contributed by atoms with Crippen molar-refractivity contribution in [2.75, 3.05) is 44.2 Å². The van der Waals surface area contributed by atoms with Gasteiger partial charge in [0.25, 0.3) is 5.69 Å². The van der Waals surface area contributed by atoms with Crippen LogP contribution in [0.2, 0.25) is 0 Å². The summed E-state index contributed by atoms with van der Waals surface area (Å²) in [5, 5.41) is 10.9. The average molecular weight is 372 g/mol. The van der Waals surface area contributed by atoms with E-state index in [1.165, 1.54) is 12.1 Å². The van der Waals surface area contributed by atoms with E-state index < -0.39 is 4.92 Å². The predicted octanol–water partition coefficient (Wildman–Crippen LogP) is 1.67. The van der Waals surface area contributed by atoms with Crippen molar-refractivity contribution in [3.05, 3.63) is 47.0 Å². The number of hydrogen-bond donors (Lipinski definition) is 0. The van der Waals surface area contributed by atoms with Crippen LogP contribution in [0.1, 0.15) is 12.8 Å². The highest BCUT2D eigenvalue weighted by Gasteiger charge is 2.31. The normalized spacial score (nSPS) is 18.3. The first-order valence-electron chi connectivity index (χ1n) is 9.19. The van der Waals surface area contributed by atoms with Crippen LogP contribution in [-0.4, -0.2) is 65.8 Å². The molecule has 0 aromatic heterocycles. The van der Waals surface area contributed by atoms with Gasteiger partial charge >= 0.3 is 0 Å². The summed E-state index contributed by atoms with van der Waals surface area (Å²) >= 11 is 0. The number of piperidine rings is 1. The molecule has 2 heterocycles. The molecule has 144 valence electrons. The van der Waals surface area contributed by atoms with E-state index in [2.05, 4.69) is 11.5 Å². The van der Waals surface area contributed by atoms with Crippen molar-refractivity contribution in [2.45, 2.75) is 12.8 Å². The molecule has 2 saturated heterocycles. The van der Waals surface area contributed by atoms with Gasteiger partial charge in [0.05, 0.1) is 4.92 Å². The zero-order chi connectivity index (χ0) is 19.4. The van der Waals surface area contributed by atoms with Crippen molar-refractivity contribution in [1.82, 2.24) is 9.80 Å². The second kappa shape index (κ2) is 8.20. The molecular formula is C19H24N4O4. The molecule has 0 aliphatic carbocycles. The van der Waals surface area contributed by atoms with Gasteiger partial charge in [0.15, 0.2) is 0 Å². The number of nitrogens with zero attached hydrogens (tertiary/aromatic N) is 4. The van der Waals surface area contributed by atoms with Gasteiger partial charge in [-0.3, -0.25) is 19.7 Å². The van der Waals surface area contributed by atoms with Gasteiger partial charge in [0.2, 0.25) is 11.8 Å². The highest BCUT2D eigenvalue weighted by molar-refractivity contribution is 5.87. The summed E-state index contributed by atoms with van der Waals surface area (Å²) in [5.41, 5.74) is 0.888. The van der Waals surface area contributed by atoms with Gasteiger partial charge < -0.3 is 14.7 Å². The molecule has 0 radical (unpaired) electrons. The number of nitro benzene ring substituents is 1. The van der Waals surface area contributed by atoms with E-state index in [0.717, 1.165) is 5.69 Å². The molecule has 8 nitrogen and oxygen atoms in total. The zero-order valence-electron chi connectivity index (χ0n) is 15.2. The van der Waals surface area contributed by atoms with Crippen LogP contribution in [0.5, 0.6) is 0 Å². The van der Waals surface area contributed by atoms with Gasteiger partial charge in [-0.05, 0) is 25.0 Å². The first-order chi connectivity index (χ1) is 13.0. The Labute approximate surface area is 158 Å². The van der Waals surface area contributed by atoms with E-state index in [1.807, 2.05) is 11.0 Å². The van der Waals surface area contributed by atoms with E-state index in [0.29, 0.717) is 52.1 Å². The van der Waals surface area contributed by atoms with Crippen molar-refractivity contribution < 1.29 is 14.5 Å². The maximum atomic E-state index is 12.8. The van der Waals surface area contributed by atoms with Gasteiger partial charge in [0, 0.05) is 63.0 Å². The first kappa shape index (κ1) is 18.9. The molecule has 2 amide bonds. The number of carbonyl (C=O) groups is 2. The molecule has 0 atom stereocenters. The fourth-order valence-corrected chi connectivity index (χ4v) is 3.72. The van der Waals surface area contributed by atoms with Crippen LogP contribution in [-0.2, 0) is 9.59 Å². The number of piperazine rings is 1. The Morgan fingerprint density at radius 2 is 1.74 bits per heavy atom. The first-order valence-corrected chi connectivity index (χ1v) is 9.19. The molecule has 1 aromatic carbocycles. The van der Waals surface area contributed by atoms with Gasteiger partial charge in [0.1, 0.15) is 0 Å². The number of benzene rings is 1. The Kier molecular flexibility index (Phi) is 5.73. The van der Waals surface area contributed by atoms with Gasteiger partial charge in [-0.15, -0.1) is 0 Å². The summed E-state index contributed by atoms with van der Waals surface area (Å²) in [6, 6.07) is 6.59. The third-order valence-electron chi connectivity index (χ3n) is 5.33. The smallest absolute Gasteiger partial charge is 0.271 e. The quantitative estimate of drug-likeness (QED) is 0.456. The number of nitro groups is 1. The lowest BCUT2D eigenvalue weighted by molar-refractivity contribution is -0.384. The molecule has 2 aliphatic rings. The Morgan fingerprint density at radius 1 is 1.07 bits per heavy atom. The minimum absolute atomic E-state index is 0.0387. The fraction of sp³-hybridized carbons (Fsp3) is 0.474. The van der Waals surface area contributed by atoms with Crippen LogP contribution in [0.15, 0.2) is 36.9 Å². The maximum absolute atomic E-state index is 12.8. The molecule has 8 heteroatoms. The number of anilines is 1. The van der Waals surface area contributed by atoms with Crippen LogP contribution < -0.4 is 4.90 Å². The van der Waals surface area contributed by atoms with Crippen molar-refractivity contribution in [3.8, 4) is 0 Å². The van der Waals surface area contributed by atoms with Crippen LogP contribution in [0.25, 0.3) is 0 Å². The third-order valence-corrected chi connectivity index (χ3v) is 5.33. The molecule has 0 N–H and O–H groups in total. The molecule has 3 rings (SSSR count). The molecule has 2 fully saturated rings. The van der Waals surface area contributed by atoms with E-state index in [-0.39, 0.29) is 23.4 Å². The Balaban J connectivity index is 1.53. The number of carbonyl (C=O) groups excluding carboxylic acids is 2. The highest BCUT2D eigenvalue weighted by Crippen LogP contribution is 2.24. The van der Waals surface area contributed by atoms with Crippen LogP contribution >= 0.6 is 0 Å². The molecular weight excluding hydrogens is 348 g/mol. The van der Waals surface area contributed by atoms with Crippen molar-refractivity contribution in [3.63, 3.8) is 0 Å². The van der Waals surface area contributed by atoms with Crippen molar-refractivity contribution in [2.24, 2.45) is 5.92 Å². The van der Waals surface area contributed by atoms with Gasteiger partial charge in [-0.25, -0.2) is 0 Å². The Morgan fingerprint density at radius 3 is 2.33 bits per heavy atom. The minimum Gasteiger partial charge on any atom is -0.368 e. The van der Waals surface area contributed by atoms with Crippen molar-refractivity contribution in [1.29, 1.82) is 0 Å². The average Bonchev–Trinajstić information content (AvgIpc) is 2.73. The molecule has 2 aliphatic heterocycles. The summed E-state index contributed by atoms with van der Waals surface area (Å²) in [7, 11) is 0. The third kappa shape index (κ3) is 4.27. The van der Waals surface area contributed by atoms with Gasteiger partial charge in [-0.2, -0.15) is 0 Å². The molecule has 0 bridgehead atoms. The van der Waals surface area contributed by atoms with E-state index >= 15 is 0 Å². The fourth-order valence-electron chi connectivity index (χ4n) is 3.72. The van der Waals surface area contributed by atoms with Gasteiger partial charge in [-0.1, -0.05) is 12.6 Å². The van der Waals surface area contributed by atoms with Crippen LogP contribution in [0, 0.1) is 16.0 Å². The Bertz CT molecular complexity index is 735. The number of amides is 2. The summed E-state index contributed by atoms with van der Waals surface area (Å²) in [5.74, 6) is 0.0362. The number of rotatable bonds is 4. The summed E-state index contributed by atoms with van der Waals surface area (Å²) in [6.45, 7) is 7.20. The molecule has 1 aromatic rings. The predicted molar refractivity (Wildman–Crippen MR) is 101 cm³/mol. The van der Waals surface area contributed by atoms with E-state index in [4.69, 9.17) is 0 Å². The zero-order valence-corrected chi connectivity index (χ0v) is 15.2. The number of hydrogen-bond acceptors (Lipinski definition) is 5. The van der Waals surface area contributed by atoms with Crippen LogP contribution in [0.3, 0.4) is 0 Å². The second-order valence-electron chi connectivity index (χ2n) is 6.89. The summed E-state index contributed by atoms with van der Waals surface area (Å²) in [6.07, 6.45) is 2.68. The number of non-ortho nitro benzene ring substituents is 1. The lowest BCUT2D eigenvalue weighted by Gasteiger charge is -2.39. The maximum Gasteiger partial charge on any atom is 0.271 e. The van der Waals surface area contributed by atoms with E-state index in [9.17, 15) is 19.7 Å². The van der Waals surface area contributed by atoms with E-state index in [1.54, 1.807) is 17.0 Å². The standard InChI is InChI=1S/C19H24N4O4/c1-2-18(24)21-8-6-15(7-9-21)19(25)22-12-10-20(11-13-22)16-4-3-5-17(14-16)23(26)27/h2-5,14-15H,1,6-13H2. The minimum atomic E-state index is -0.396. The lowest BCUT2D eigenvalue weighted by atomic mass is 9.95. The summed E-state index contributed by atoms with van der Waals surface area (Å²) < 4.78 is 0. The highest BCUT2D eigenvalue weighted by atomic mass is 16.6. The van der Waals surface area contributed by atoms with Crippen molar-refractivity contribution >= 4 is 23.2 Å². The number of likely N-dealkylation sites (tertiary alicyclic amines) is 1. The second-order valence-corrected chi connectivity index (χ2v) is 6.89. The SMILES string of the molecule is C=CC(=O)N1CCC(C(=O)N2CCN(c3cccc([N+](=O)[O-])c3)CC2)CC1. The lowest BCUT2D eigenvalue weighted by Crippen LogP contribution is -2.52. The monoisotopic (exact) mass is 372 g/mol.